The summed E-state index contributed by atoms with van der Waals surface area (Å²) >= 11 is 0. The molecule has 0 radical (unpaired) electrons. The van der Waals surface area contributed by atoms with Crippen LogP contribution in [0.2, 0.25) is 0 Å². The average molecular weight is 529 g/mol. The Morgan fingerprint density at radius 3 is 2.73 bits per heavy atom. The van der Waals surface area contributed by atoms with Crippen LogP contribution in [-0.4, -0.2) is 75.8 Å². The fourth-order valence-corrected chi connectivity index (χ4v) is 3.83. The number of morpholine rings is 1. The summed E-state index contributed by atoms with van der Waals surface area (Å²) in [5, 5.41) is 6.69. The average Bonchev–Trinajstić information content (AvgIpc) is 3.19. The smallest absolute Gasteiger partial charge is 0.227 e. The van der Waals surface area contributed by atoms with Crippen LogP contribution in [0.15, 0.2) is 29.3 Å². The van der Waals surface area contributed by atoms with Crippen molar-refractivity contribution < 1.29 is 9.53 Å². The monoisotopic (exact) mass is 529 g/mol. The van der Waals surface area contributed by atoms with Crippen LogP contribution in [0.5, 0.6) is 0 Å². The minimum Gasteiger partial charge on any atom is -0.379 e. The molecule has 0 unspecified atom stereocenters. The maximum Gasteiger partial charge on any atom is 0.227 e. The van der Waals surface area contributed by atoms with Crippen LogP contribution >= 0.6 is 24.0 Å². The molecule has 1 saturated heterocycles. The number of carbonyl (C=O) groups excluding carboxylic acids is 1. The van der Waals surface area contributed by atoms with Gasteiger partial charge in [0.15, 0.2) is 5.96 Å². The van der Waals surface area contributed by atoms with E-state index in [4.69, 9.17) is 4.74 Å². The number of rotatable bonds is 9. The Morgan fingerprint density at radius 1 is 1.13 bits per heavy atom. The van der Waals surface area contributed by atoms with E-state index in [1.807, 2.05) is 23.1 Å². The van der Waals surface area contributed by atoms with Gasteiger partial charge >= 0.3 is 0 Å². The number of para-hydroxylation sites is 1. The summed E-state index contributed by atoms with van der Waals surface area (Å²) in [5.41, 5.74) is 2.35. The van der Waals surface area contributed by atoms with Gasteiger partial charge in [0.05, 0.1) is 13.2 Å². The number of hydrogen-bond donors (Lipinski definition) is 2. The third-order valence-electron chi connectivity index (χ3n) is 5.40. The first-order chi connectivity index (χ1) is 14.3. The number of guanidine groups is 1. The molecule has 0 atom stereocenters. The highest BCUT2D eigenvalue weighted by Gasteiger charge is 2.23. The topological polar surface area (TPSA) is 69.2 Å². The van der Waals surface area contributed by atoms with E-state index in [2.05, 4.69) is 33.5 Å². The summed E-state index contributed by atoms with van der Waals surface area (Å²) < 4.78 is 5.38. The number of benzene rings is 1. The summed E-state index contributed by atoms with van der Waals surface area (Å²) in [6.45, 7) is 10.1. The Morgan fingerprint density at radius 2 is 1.93 bits per heavy atom. The van der Waals surface area contributed by atoms with Crippen molar-refractivity contribution in [1.82, 2.24) is 15.5 Å². The van der Waals surface area contributed by atoms with Crippen LogP contribution in [-0.2, 0) is 16.0 Å². The highest BCUT2D eigenvalue weighted by atomic mass is 127. The number of fused-ring (bicyclic) bond motifs is 1. The lowest BCUT2D eigenvalue weighted by Gasteiger charge is -2.26. The molecule has 8 heteroatoms. The van der Waals surface area contributed by atoms with Gasteiger partial charge in [0.25, 0.3) is 0 Å². The molecule has 168 valence electrons. The number of aliphatic imine (C=N–C) groups is 1. The third kappa shape index (κ3) is 7.70. The number of anilines is 1. The van der Waals surface area contributed by atoms with Gasteiger partial charge in [-0.05, 0) is 44.4 Å². The van der Waals surface area contributed by atoms with Crippen molar-refractivity contribution in [2.24, 2.45) is 4.99 Å². The second kappa shape index (κ2) is 13.8. The molecule has 0 aromatic heterocycles. The van der Waals surface area contributed by atoms with Crippen molar-refractivity contribution in [3.63, 3.8) is 0 Å². The lowest BCUT2D eigenvalue weighted by Crippen LogP contribution is -2.40. The van der Waals surface area contributed by atoms with E-state index in [0.717, 1.165) is 83.4 Å². The zero-order chi connectivity index (χ0) is 20.3. The largest absolute Gasteiger partial charge is 0.379 e. The van der Waals surface area contributed by atoms with Crippen molar-refractivity contribution in [3.05, 3.63) is 29.8 Å². The SMILES string of the molecule is CCNC(=NCCCC(=O)N1CCc2ccccc21)NCCCN1CCOCC1.I. The normalized spacial score (nSPS) is 16.7. The van der Waals surface area contributed by atoms with Crippen LogP contribution in [0, 0.1) is 0 Å². The number of carbonyl (C=O) groups is 1. The first-order valence-electron chi connectivity index (χ1n) is 11.0. The maximum absolute atomic E-state index is 12.6. The van der Waals surface area contributed by atoms with E-state index in [1.54, 1.807) is 0 Å². The van der Waals surface area contributed by atoms with Gasteiger partial charge in [0.1, 0.15) is 0 Å². The van der Waals surface area contributed by atoms with Gasteiger partial charge in [-0.2, -0.15) is 0 Å². The fraction of sp³-hybridized carbons (Fsp3) is 0.636. The molecule has 0 aliphatic carbocycles. The van der Waals surface area contributed by atoms with E-state index in [-0.39, 0.29) is 29.9 Å². The van der Waals surface area contributed by atoms with Crippen LogP contribution in [0.3, 0.4) is 0 Å². The number of nitrogens with zero attached hydrogens (tertiary/aromatic N) is 3. The molecule has 0 saturated carbocycles. The Hall–Kier alpha value is -1.39. The van der Waals surface area contributed by atoms with Crippen LogP contribution < -0.4 is 15.5 Å². The Labute approximate surface area is 197 Å². The van der Waals surface area contributed by atoms with E-state index in [0.29, 0.717) is 13.0 Å². The molecule has 7 nitrogen and oxygen atoms in total. The van der Waals surface area contributed by atoms with E-state index in [1.165, 1.54) is 5.56 Å². The van der Waals surface area contributed by atoms with Gasteiger partial charge < -0.3 is 20.3 Å². The number of nitrogens with one attached hydrogen (secondary N) is 2. The Balaban J connectivity index is 0.00000320. The predicted octanol–water partition coefficient (Wildman–Crippen LogP) is 2.25. The molecule has 30 heavy (non-hydrogen) atoms. The molecular formula is C22H36IN5O2. The first-order valence-corrected chi connectivity index (χ1v) is 11.0. The molecule has 1 amide bonds. The van der Waals surface area contributed by atoms with Crippen molar-refractivity contribution in [3.8, 4) is 0 Å². The van der Waals surface area contributed by atoms with Crippen molar-refractivity contribution >= 4 is 41.5 Å². The van der Waals surface area contributed by atoms with Gasteiger partial charge in [-0.15, -0.1) is 24.0 Å². The summed E-state index contributed by atoms with van der Waals surface area (Å²) in [5.74, 6) is 1.04. The highest BCUT2D eigenvalue weighted by Crippen LogP contribution is 2.27. The van der Waals surface area contributed by atoms with E-state index >= 15 is 0 Å². The molecule has 1 fully saturated rings. The minimum absolute atomic E-state index is 0. The van der Waals surface area contributed by atoms with Gasteiger partial charge in [0.2, 0.25) is 5.91 Å². The van der Waals surface area contributed by atoms with E-state index < -0.39 is 0 Å². The first kappa shape index (κ1) is 24.9. The third-order valence-corrected chi connectivity index (χ3v) is 5.40. The van der Waals surface area contributed by atoms with Gasteiger partial charge in [-0.1, -0.05) is 18.2 Å². The Kier molecular flexibility index (Phi) is 11.5. The standard InChI is InChI=1S/C22H35N5O2.HI/c1-2-23-22(25-12-6-13-26-15-17-29-18-16-26)24-11-5-9-21(28)27-14-10-19-7-3-4-8-20(19)27;/h3-4,7-8H,2,5-6,9-18H2,1H3,(H2,23,24,25);1H. The molecular weight excluding hydrogens is 493 g/mol. The Bertz CT molecular complexity index is 679. The molecule has 2 N–H and O–H groups in total. The highest BCUT2D eigenvalue weighted by molar-refractivity contribution is 14.0. The lowest BCUT2D eigenvalue weighted by atomic mass is 10.2. The quantitative estimate of drug-likeness (QED) is 0.222. The predicted molar refractivity (Wildman–Crippen MR) is 133 cm³/mol. The lowest BCUT2D eigenvalue weighted by molar-refractivity contribution is -0.118. The van der Waals surface area contributed by atoms with Crippen LogP contribution in [0.4, 0.5) is 5.69 Å². The molecule has 2 aliphatic rings. The second-order valence-electron chi connectivity index (χ2n) is 7.52. The summed E-state index contributed by atoms with van der Waals surface area (Å²) in [7, 11) is 0. The summed E-state index contributed by atoms with van der Waals surface area (Å²) in [4.78, 5) is 21.6. The maximum atomic E-state index is 12.6. The van der Waals surface area contributed by atoms with Gasteiger partial charge in [-0.3, -0.25) is 14.7 Å². The second-order valence-corrected chi connectivity index (χ2v) is 7.52. The fourth-order valence-electron chi connectivity index (χ4n) is 3.83. The van der Waals surface area contributed by atoms with Crippen molar-refractivity contribution in [2.45, 2.75) is 32.6 Å². The number of hydrogen-bond acceptors (Lipinski definition) is 4. The molecule has 0 spiro atoms. The molecule has 1 aromatic carbocycles. The van der Waals surface area contributed by atoms with Crippen LogP contribution in [0.1, 0.15) is 31.7 Å². The molecule has 2 heterocycles. The van der Waals surface area contributed by atoms with Crippen molar-refractivity contribution in [1.29, 1.82) is 0 Å². The molecule has 0 bridgehead atoms. The van der Waals surface area contributed by atoms with Gasteiger partial charge in [0, 0.05) is 51.4 Å². The molecule has 1 aromatic rings. The number of ether oxygens (including phenoxy) is 1. The number of halogens is 1. The summed E-state index contributed by atoms with van der Waals surface area (Å²) in [6, 6.07) is 8.20. The van der Waals surface area contributed by atoms with Crippen molar-refractivity contribution in [2.75, 3.05) is 63.9 Å². The number of amides is 1. The van der Waals surface area contributed by atoms with Crippen LogP contribution in [0.25, 0.3) is 0 Å². The van der Waals surface area contributed by atoms with E-state index in [9.17, 15) is 4.79 Å². The zero-order valence-corrected chi connectivity index (χ0v) is 20.4. The molecule has 2 aliphatic heterocycles. The molecule has 3 rings (SSSR count). The zero-order valence-electron chi connectivity index (χ0n) is 18.1. The summed E-state index contributed by atoms with van der Waals surface area (Å²) in [6.07, 6.45) is 3.34. The minimum atomic E-state index is 0. The van der Waals surface area contributed by atoms with Gasteiger partial charge in [-0.25, -0.2) is 0 Å².